The molecule has 5 heteroatoms. The summed E-state index contributed by atoms with van der Waals surface area (Å²) in [6, 6.07) is 0. The Bertz CT molecular complexity index is 144. The van der Waals surface area contributed by atoms with Gasteiger partial charge in [0, 0.05) is 13.2 Å². The summed E-state index contributed by atoms with van der Waals surface area (Å²) >= 11 is 0. The number of hydrogen-bond donors (Lipinski definition) is 0. The third-order valence-corrected chi connectivity index (χ3v) is 3.70. The summed E-state index contributed by atoms with van der Waals surface area (Å²) < 4.78 is 21.9. The minimum Gasteiger partial charge on any atom is -0.395 e. The third-order valence-electron chi connectivity index (χ3n) is 1.98. The Balaban J connectivity index is 2.02. The van der Waals surface area contributed by atoms with Gasteiger partial charge in [0.05, 0.1) is 19.4 Å². The first kappa shape index (κ1) is 13.1. The quantitative estimate of drug-likeness (QED) is 0.418. The molecule has 0 radical (unpaired) electrons. The van der Waals surface area contributed by atoms with E-state index in [1.54, 1.807) is 0 Å². The summed E-state index contributed by atoms with van der Waals surface area (Å²) in [5.74, 6) is 0. The summed E-state index contributed by atoms with van der Waals surface area (Å²) in [5.41, 5.74) is 0. The van der Waals surface area contributed by atoms with Gasteiger partial charge in [-0.25, -0.2) is 0 Å². The maximum atomic E-state index is 5.65. The van der Waals surface area contributed by atoms with Crippen LogP contribution in [0.1, 0.15) is 26.7 Å². The fourth-order valence-electron chi connectivity index (χ4n) is 1.10. The zero-order valence-corrected chi connectivity index (χ0v) is 10.9. The fourth-order valence-corrected chi connectivity index (χ4v) is 2.72. The molecular weight excluding hydrogens is 212 g/mol. The Morgan fingerprint density at radius 1 is 1.20 bits per heavy atom. The van der Waals surface area contributed by atoms with Crippen molar-refractivity contribution in [2.45, 2.75) is 32.8 Å². The van der Waals surface area contributed by atoms with Crippen LogP contribution < -0.4 is 0 Å². The molecule has 1 unspecified atom stereocenters. The average Bonchev–Trinajstić information content (AvgIpc) is 3.05. The van der Waals surface area contributed by atoms with Crippen LogP contribution in [0.15, 0.2) is 0 Å². The van der Waals surface area contributed by atoms with E-state index in [0.29, 0.717) is 18.9 Å². The molecule has 0 spiro atoms. The van der Waals surface area contributed by atoms with E-state index < -0.39 is 9.28 Å². The maximum Gasteiger partial charge on any atom is 0.348 e. The summed E-state index contributed by atoms with van der Waals surface area (Å²) in [5, 5.41) is 0. The van der Waals surface area contributed by atoms with Crippen molar-refractivity contribution in [2.24, 2.45) is 0 Å². The largest absolute Gasteiger partial charge is 0.395 e. The first-order valence-electron chi connectivity index (χ1n) is 5.79. The molecule has 1 saturated heterocycles. The van der Waals surface area contributed by atoms with Gasteiger partial charge in [-0.3, -0.25) is 0 Å². The standard InChI is InChI=1S/C10H22O4Si/c1-3-5-13-15(14-6-4-2)9-11-7-10-8-12-10/h10,15H,3-9H2,1-2H3. The van der Waals surface area contributed by atoms with Crippen LogP contribution in [0.2, 0.25) is 0 Å². The lowest BCUT2D eigenvalue weighted by Crippen LogP contribution is -2.31. The molecular formula is C10H22O4Si. The van der Waals surface area contributed by atoms with Gasteiger partial charge < -0.3 is 18.3 Å². The minimum atomic E-state index is -1.58. The van der Waals surface area contributed by atoms with Crippen LogP contribution in [-0.4, -0.2) is 48.0 Å². The van der Waals surface area contributed by atoms with E-state index in [0.717, 1.165) is 32.7 Å². The zero-order valence-electron chi connectivity index (χ0n) is 9.74. The van der Waals surface area contributed by atoms with Crippen molar-refractivity contribution in [1.82, 2.24) is 0 Å². The van der Waals surface area contributed by atoms with Crippen molar-refractivity contribution in [3.8, 4) is 0 Å². The SMILES string of the molecule is CCCO[SiH](COCC1CO1)OCCC. The van der Waals surface area contributed by atoms with Crippen LogP contribution in [0.5, 0.6) is 0 Å². The zero-order chi connectivity index (χ0) is 10.9. The first-order chi connectivity index (χ1) is 7.36. The van der Waals surface area contributed by atoms with Gasteiger partial charge in [0.1, 0.15) is 6.10 Å². The van der Waals surface area contributed by atoms with E-state index in [4.69, 9.17) is 18.3 Å². The van der Waals surface area contributed by atoms with Gasteiger partial charge in [-0.15, -0.1) is 0 Å². The van der Waals surface area contributed by atoms with Crippen molar-refractivity contribution < 1.29 is 18.3 Å². The molecule has 0 aromatic carbocycles. The summed E-state index contributed by atoms with van der Waals surface area (Å²) in [7, 11) is -1.58. The molecule has 90 valence electrons. The predicted octanol–water partition coefficient (Wildman–Crippen LogP) is 1.01. The maximum absolute atomic E-state index is 5.65. The molecule has 1 aliphatic rings. The lowest BCUT2D eigenvalue weighted by atomic mass is 10.5. The van der Waals surface area contributed by atoms with E-state index in [2.05, 4.69) is 13.8 Å². The molecule has 4 nitrogen and oxygen atoms in total. The fraction of sp³-hybridized carbons (Fsp3) is 1.00. The van der Waals surface area contributed by atoms with Gasteiger partial charge >= 0.3 is 9.28 Å². The van der Waals surface area contributed by atoms with E-state index in [9.17, 15) is 0 Å². The van der Waals surface area contributed by atoms with Crippen molar-refractivity contribution in [1.29, 1.82) is 0 Å². The van der Waals surface area contributed by atoms with Gasteiger partial charge in [-0.2, -0.15) is 0 Å². The minimum absolute atomic E-state index is 0.331. The highest BCUT2D eigenvalue weighted by molar-refractivity contribution is 6.44. The van der Waals surface area contributed by atoms with E-state index in [-0.39, 0.29) is 0 Å². The number of epoxide rings is 1. The van der Waals surface area contributed by atoms with Gasteiger partial charge in [0.15, 0.2) is 0 Å². The average molecular weight is 234 g/mol. The highest BCUT2D eigenvalue weighted by Crippen LogP contribution is 2.08. The normalized spacial score (nSPS) is 19.8. The van der Waals surface area contributed by atoms with E-state index in [1.807, 2.05) is 0 Å². The van der Waals surface area contributed by atoms with Gasteiger partial charge in [-0.05, 0) is 12.8 Å². The van der Waals surface area contributed by atoms with Gasteiger partial charge in [0.25, 0.3) is 0 Å². The van der Waals surface area contributed by atoms with Gasteiger partial charge in [0.2, 0.25) is 0 Å². The van der Waals surface area contributed by atoms with Crippen LogP contribution in [0.25, 0.3) is 0 Å². The van der Waals surface area contributed by atoms with Crippen LogP contribution >= 0.6 is 0 Å². The van der Waals surface area contributed by atoms with Crippen LogP contribution in [0.4, 0.5) is 0 Å². The molecule has 1 fully saturated rings. The Hall–Kier alpha value is 0.0569. The van der Waals surface area contributed by atoms with Crippen LogP contribution in [0, 0.1) is 0 Å². The van der Waals surface area contributed by atoms with Crippen molar-refractivity contribution in [3.63, 3.8) is 0 Å². The smallest absolute Gasteiger partial charge is 0.348 e. The summed E-state index contributed by atoms with van der Waals surface area (Å²) in [4.78, 5) is 0. The first-order valence-corrected chi connectivity index (χ1v) is 7.55. The summed E-state index contributed by atoms with van der Waals surface area (Å²) in [6.45, 7) is 7.30. The van der Waals surface area contributed by atoms with E-state index in [1.165, 1.54) is 0 Å². The monoisotopic (exact) mass is 234 g/mol. The highest BCUT2D eigenvalue weighted by Gasteiger charge is 2.23. The number of rotatable bonds is 10. The Kier molecular flexibility index (Phi) is 7.21. The molecule has 15 heavy (non-hydrogen) atoms. The molecule has 0 N–H and O–H groups in total. The molecule has 1 rings (SSSR count). The molecule has 1 atom stereocenters. The predicted molar refractivity (Wildman–Crippen MR) is 60.2 cm³/mol. The van der Waals surface area contributed by atoms with Crippen LogP contribution in [-0.2, 0) is 18.3 Å². The second-order valence-electron chi connectivity index (χ2n) is 3.66. The van der Waals surface area contributed by atoms with Gasteiger partial charge in [-0.1, -0.05) is 13.8 Å². The highest BCUT2D eigenvalue weighted by atomic mass is 28.3. The number of hydrogen-bond acceptors (Lipinski definition) is 4. The lowest BCUT2D eigenvalue weighted by Gasteiger charge is -2.15. The van der Waals surface area contributed by atoms with Crippen molar-refractivity contribution >= 4 is 9.28 Å². The Morgan fingerprint density at radius 2 is 1.80 bits per heavy atom. The molecule has 0 bridgehead atoms. The Labute approximate surface area is 93.7 Å². The molecule has 0 saturated carbocycles. The molecule has 0 aromatic heterocycles. The topological polar surface area (TPSA) is 40.2 Å². The molecule has 0 aliphatic carbocycles. The number of ether oxygens (including phenoxy) is 2. The second kappa shape index (κ2) is 8.24. The van der Waals surface area contributed by atoms with E-state index >= 15 is 0 Å². The third kappa shape index (κ3) is 7.02. The molecule has 0 amide bonds. The Morgan fingerprint density at radius 3 is 2.27 bits per heavy atom. The molecule has 1 heterocycles. The second-order valence-corrected chi connectivity index (χ2v) is 5.52. The molecule has 0 aromatic rings. The van der Waals surface area contributed by atoms with Crippen LogP contribution in [0.3, 0.4) is 0 Å². The van der Waals surface area contributed by atoms with Crippen molar-refractivity contribution in [2.75, 3.05) is 32.7 Å². The summed E-state index contributed by atoms with van der Waals surface area (Å²) in [6.07, 6.45) is 3.03. The lowest BCUT2D eigenvalue weighted by molar-refractivity contribution is 0.108. The van der Waals surface area contributed by atoms with Crippen molar-refractivity contribution in [3.05, 3.63) is 0 Å². The molecule has 1 aliphatic heterocycles.